The average molecular weight is 168 g/mol. The van der Waals surface area contributed by atoms with Crippen LogP contribution < -0.4 is 0 Å². The van der Waals surface area contributed by atoms with Crippen molar-refractivity contribution in [3.8, 4) is 0 Å². The Labute approximate surface area is 69.0 Å². The fourth-order valence-corrected chi connectivity index (χ4v) is 0.701. The maximum Gasteiger partial charge on any atom is 0.303 e. The smallest absolute Gasteiger partial charge is 0.303 e. The van der Waals surface area contributed by atoms with Gasteiger partial charge in [-0.15, -0.1) is 10.2 Å². The number of nitrogens with zero attached hydrogens (tertiary/aromatic N) is 4. The van der Waals surface area contributed by atoms with Crippen molar-refractivity contribution in [1.29, 1.82) is 0 Å². The zero-order valence-corrected chi connectivity index (χ0v) is 6.76. The van der Waals surface area contributed by atoms with Crippen molar-refractivity contribution in [2.45, 2.75) is 20.0 Å². The maximum absolute atomic E-state index is 10.5. The Morgan fingerprint density at radius 1 is 1.58 bits per heavy atom. The van der Waals surface area contributed by atoms with Crippen LogP contribution in [0.1, 0.15) is 25.6 Å². The highest BCUT2D eigenvalue weighted by Gasteiger charge is 2.10. The minimum Gasteiger partial charge on any atom is -0.456 e. The lowest BCUT2D eigenvalue weighted by atomic mass is 10.3. The van der Waals surface area contributed by atoms with Crippen LogP contribution in [-0.4, -0.2) is 26.6 Å². The number of carbonyl (C=O) groups is 1. The summed E-state index contributed by atoms with van der Waals surface area (Å²) in [6.45, 7) is 3.02. The van der Waals surface area contributed by atoms with E-state index in [0.29, 0.717) is 5.69 Å². The average Bonchev–Trinajstić information content (AvgIpc) is 2.05. The Kier molecular flexibility index (Phi) is 2.62. The molecule has 0 aliphatic rings. The highest BCUT2D eigenvalue weighted by molar-refractivity contribution is 5.66. The number of rotatable bonds is 2. The van der Waals surface area contributed by atoms with E-state index in [2.05, 4.69) is 20.6 Å². The third-order valence-electron chi connectivity index (χ3n) is 1.20. The molecule has 0 saturated heterocycles. The van der Waals surface area contributed by atoms with Gasteiger partial charge in [0, 0.05) is 6.92 Å². The summed E-state index contributed by atoms with van der Waals surface area (Å²) in [5, 5.41) is 13.7. The van der Waals surface area contributed by atoms with Gasteiger partial charge in [0.1, 0.15) is 11.8 Å². The number of hydrogen-bond acceptors (Lipinski definition) is 6. The SMILES string of the molecule is CC(=O)OC(C)c1cnnnn1. The Balaban J connectivity index is 2.65. The molecule has 1 rings (SSSR count). The number of carbonyl (C=O) groups excluding carboxylic acids is 1. The zero-order valence-electron chi connectivity index (χ0n) is 6.76. The van der Waals surface area contributed by atoms with E-state index in [9.17, 15) is 4.79 Å². The summed E-state index contributed by atoms with van der Waals surface area (Å²) in [7, 11) is 0. The molecule has 12 heavy (non-hydrogen) atoms. The van der Waals surface area contributed by atoms with E-state index in [1.54, 1.807) is 6.92 Å². The van der Waals surface area contributed by atoms with Crippen LogP contribution in [0.5, 0.6) is 0 Å². The van der Waals surface area contributed by atoms with Gasteiger partial charge in [0.05, 0.1) is 6.20 Å². The zero-order chi connectivity index (χ0) is 8.97. The largest absolute Gasteiger partial charge is 0.456 e. The second-order valence-electron chi connectivity index (χ2n) is 2.20. The molecule has 0 saturated carbocycles. The fourth-order valence-electron chi connectivity index (χ4n) is 0.701. The van der Waals surface area contributed by atoms with Crippen molar-refractivity contribution in [3.05, 3.63) is 11.9 Å². The van der Waals surface area contributed by atoms with Crippen LogP contribution in [0, 0.1) is 0 Å². The van der Waals surface area contributed by atoms with E-state index in [1.165, 1.54) is 13.1 Å². The summed E-state index contributed by atoms with van der Waals surface area (Å²) in [5.41, 5.74) is 0.486. The number of aromatic nitrogens is 4. The molecule has 0 fully saturated rings. The van der Waals surface area contributed by atoms with Crippen LogP contribution in [0.15, 0.2) is 6.20 Å². The van der Waals surface area contributed by atoms with E-state index in [4.69, 9.17) is 4.74 Å². The molecular weight excluding hydrogens is 160 g/mol. The second kappa shape index (κ2) is 3.70. The van der Waals surface area contributed by atoms with Crippen LogP contribution in [0.3, 0.4) is 0 Å². The third kappa shape index (κ3) is 2.22. The minimum atomic E-state index is -0.425. The maximum atomic E-state index is 10.5. The van der Waals surface area contributed by atoms with E-state index in [1.807, 2.05) is 0 Å². The van der Waals surface area contributed by atoms with Crippen molar-refractivity contribution < 1.29 is 9.53 Å². The van der Waals surface area contributed by atoms with Crippen molar-refractivity contribution >= 4 is 5.97 Å². The predicted octanol–water partition coefficient (Wildman–Crippen LogP) is -0.109. The molecule has 1 unspecified atom stereocenters. The lowest BCUT2D eigenvalue weighted by Gasteiger charge is -2.08. The second-order valence-corrected chi connectivity index (χ2v) is 2.20. The highest BCUT2D eigenvalue weighted by Crippen LogP contribution is 2.10. The molecule has 0 bridgehead atoms. The first-order valence-electron chi connectivity index (χ1n) is 3.38. The molecule has 0 aliphatic heterocycles. The first kappa shape index (κ1) is 8.51. The summed E-state index contributed by atoms with van der Waals surface area (Å²) in [5.74, 6) is -0.360. The topological polar surface area (TPSA) is 77.9 Å². The van der Waals surface area contributed by atoms with Crippen LogP contribution >= 0.6 is 0 Å². The fraction of sp³-hybridized carbons (Fsp3) is 0.500. The van der Waals surface area contributed by atoms with E-state index < -0.39 is 6.10 Å². The summed E-state index contributed by atoms with van der Waals surface area (Å²) in [6, 6.07) is 0. The molecule has 1 aromatic heterocycles. The molecule has 0 radical (unpaired) electrons. The molecular formula is C6H8N4O2. The molecule has 1 heterocycles. The monoisotopic (exact) mass is 168 g/mol. The molecule has 0 aliphatic carbocycles. The molecule has 0 N–H and O–H groups in total. The Morgan fingerprint density at radius 2 is 2.33 bits per heavy atom. The first-order chi connectivity index (χ1) is 5.70. The molecule has 1 atom stereocenters. The van der Waals surface area contributed by atoms with E-state index >= 15 is 0 Å². The van der Waals surface area contributed by atoms with Crippen LogP contribution in [0.2, 0.25) is 0 Å². The van der Waals surface area contributed by atoms with Crippen LogP contribution in [0.4, 0.5) is 0 Å². The van der Waals surface area contributed by atoms with Crippen LogP contribution in [-0.2, 0) is 9.53 Å². The van der Waals surface area contributed by atoms with Crippen molar-refractivity contribution in [1.82, 2.24) is 20.6 Å². The number of ether oxygens (including phenoxy) is 1. The number of esters is 1. The Morgan fingerprint density at radius 3 is 2.83 bits per heavy atom. The van der Waals surface area contributed by atoms with Crippen LogP contribution in [0.25, 0.3) is 0 Å². The Hall–Kier alpha value is -1.59. The van der Waals surface area contributed by atoms with Gasteiger partial charge in [-0.3, -0.25) is 4.79 Å². The molecule has 6 nitrogen and oxygen atoms in total. The molecule has 0 amide bonds. The first-order valence-corrected chi connectivity index (χ1v) is 3.38. The van der Waals surface area contributed by atoms with Gasteiger partial charge in [0.15, 0.2) is 0 Å². The molecule has 64 valence electrons. The van der Waals surface area contributed by atoms with Crippen molar-refractivity contribution in [2.24, 2.45) is 0 Å². The normalized spacial score (nSPS) is 12.2. The van der Waals surface area contributed by atoms with Gasteiger partial charge in [0.25, 0.3) is 0 Å². The van der Waals surface area contributed by atoms with Gasteiger partial charge in [-0.1, -0.05) is 0 Å². The van der Waals surface area contributed by atoms with Gasteiger partial charge < -0.3 is 4.74 Å². The molecule has 1 aromatic rings. The van der Waals surface area contributed by atoms with Gasteiger partial charge in [0.2, 0.25) is 0 Å². The summed E-state index contributed by atoms with van der Waals surface area (Å²) < 4.78 is 4.83. The van der Waals surface area contributed by atoms with Gasteiger partial charge in [-0.05, 0) is 17.4 Å². The van der Waals surface area contributed by atoms with E-state index in [0.717, 1.165) is 0 Å². The Bertz CT molecular complexity index is 264. The van der Waals surface area contributed by atoms with Gasteiger partial charge in [-0.2, -0.15) is 0 Å². The van der Waals surface area contributed by atoms with Crippen molar-refractivity contribution in [2.75, 3.05) is 0 Å². The van der Waals surface area contributed by atoms with Gasteiger partial charge >= 0.3 is 5.97 Å². The summed E-state index contributed by atoms with van der Waals surface area (Å²) in [4.78, 5) is 10.5. The molecule has 6 heteroatoms. The van der Waals surface area contributed by atoms with Gasteiger partial charge in [-0.25, -0.2) is 0 Å². The summed E-state index contributed by atoms with van der Waals surface area (Å²) in [6.07, 6.45) is 0.978. The third-order valence-corrected chi connectivity index (χ3v) is 1.20. The number of hydrogen-bond donors (Lipinski definition) is 0. The quantitative estimate of drug-likeness (QED) is 0.573. The van der Waals surface area contributed by atoms with E-state index in [-0.39, 0.29) is 5.97 Å². The predicted molar refractivity (Wildman–Crippen MR) is 37.8 cm³/mol. The standard InChI is InChI=1S/C6H8N4O2/c1-4(12-5(2)11)6-3-7-9-10-8-6/h3-4H,1-2H3. The highest BCUT2D eigenvalue weighted by atomic mass is 16.5. The minimum absolute atomic E-state index is 0.360. The lowest BCUT2D eigenvalue weighted by molar-refractivity contribution is -0.146. The van der Waals surface area contributed by atoms with Crippen molar-refractivity contribution in [3.63, 3.8) is 0 Å². The summed E-state index contributed by atoms with van der Waals surface area (Å²) >= 11 is 0. The molecule has 0 aromatic carbocycles. The molecule has 0 spiro atoms. The lowest BCUT2D eigenvalue weighted by Crippen LogP contribution is -2.08.